The summed E-state index contributed by atoms with van der Waals surface area (Å²) in [5.41, 5.74) is 3.26. The predicted molar refractivity (Wildman–Crippen MR) is 80.0 cm³/mol. The highest BCUT2D eigenvalue weighted by Gasteiger charge is 2.26. The summed E-state index contributed by atoms with van der Waals surface area (Å²) in [6.07, 6.45) is 11.2. The van der Waals surface area contributed by atoms with Crippen LogP contribution in [0, 0.1) is 5.92 Å². The van der Waals surface area contributed by atoms with E-state index >= 15 is 0 Å². The Morgan fingerprint density at radius 3 is 2.72 bits per heavy atom. The van der Waals surface area contributed by atoms with Crippen molar-refractivity contribution in [3.63, 3.8) is 0 Å². The van der Waals surface area contributed by atoms with Crippen LogP contribution in [0.15, 0.2) is 24.3 Å². The SMILES string of the molecule is CCCCCCCC(C)C1CCc2ccccc21. The molecule has 0 saturated carbocycles. The fourth-order valence-corrected chi connectivity index (χ4v) is 3.45. The molecule has 18 heavy (non-hydrogen) atoms. The highest BCUT2D eigenvalue weighted by atomic mass is 14.3. The second-order valence-corrected chi connectivity index (χ2v) is 6.02. The molecule has 1 aliphatic carbocycles. The van der Waals surface area contributed by atoms with Gasteiger partial charge in [0.15, 0.2) is 0 Å². The maximum Gasteiger partial charge on any atom is -0.0130 e. The summed E-state index contributed by atoms with van der Waals surface area (Å²) in [5, 5.41) is 0. The van der Waals surface area contributed by atoms with E-state index in [-0.39, 0.29) is 0 Å². The molecule has 1 aromatic rings. The van der Waals surface area contributed by atoms with E-state index in [0.29, 0.717) is 0 Å². The Kier molecular flexibility index (Phi) is 5.28. The summed E-state index contributed by atoms with van der Waals surface area (Å²) >= 11 is 0. The van der Waals surface area contributed by atoms with Gasteiger partial charge < -0.3 is 0 Å². The number of rotatable bonds is 7. The maximum atomic E-state index is 2.46. The van der Waals surface area contributed by atoms with Crippen LogP contribution >= 0.6 is 0 Å². The van der Waals surface area contributed by atoms with Crippen molar-refractivity contribution in [2.45, 2.75) is 71.1 Å². The number of hydrogen-bond donors (Lipinski definition) is 0. The van der Waals surface area contributed by atoms with Gasteiger partial charge in [-0.15, -0.1) is 0 Å². The number of fused-ring (bicyclic) bond motifs is 1. The quantitative estimate of drug-likeness (QED) is 0.539. The molecule has 0 heteroatoms. The van der Waals surface area contributed by atoms with E-state index in [4.69, 9.17) is 0 Å². The molecule has 0 fully saturated rings. The first-order chi connectivity index (χ1) is 8.83. The van der Waals surface area contributed by atoms with E-state index in [1.807, 2.05) is 0 Å². The van der Waals surface area contributed by atoms with Crippen molar-refractivity contribution in [2.24, 2.45) is 5.92 Å². The Labute approximate surface area is 113 Å². The Morgan fingerprint density at radius 1 is 1.11 bits per heavy atom. The van der Waals surface area contributed by atoms with Crippen LogP contribution in [-0.4, -0.2) is 0 Å². The lowest BCUT2D eigenvalue weighted by atomic mass is 9.85. The number of unbranched alkanes of at least 4 members (excludes halogenated alkanes) is 4. The number of aryl methyl sites for hydroxylation is 1. The molecule has 0 N–H and O–H groups in total. The van der Waals surface area contributed by atoms with Crippen molar-refractivity contribution >= 4 is 0 Å². The van der Waals surface area contributed by atoms with Crippen molar-refractivity contribution in [3.05, 3.63) is 35.4 Å². The number of hydrogen-bond acceptors (Lipinski definition) is 0. The van der Waals surface area contributed by atoms with E-state index in [2.05, 4.69) is 38.1 Å². The van der Waals surface area contributed by atoms with Crippen LogP contribution in [0.1, 0.15) is 75.8 Å². The van der Waals surface area contributed by atoms with Gasteiger partial charge in [-0.05, 0) is 35.8 Å². The average Bonchev–Trinajstić information content (AvgIpc) is 2.82. The third-order valence-electron chi connectivity index (χ3n) is 4.63. The van der Waals surface area contributed by atoms with Crippen LogP contribution in [0.3, 0.4) is 0 Å². The highest BCUT2D eigenvalue weighted by Crippen LogP contribution is 2.39. The lowest BCUT2D eigenvalue weighted by Crippen LogP contribution is -2.06. The highest BCUT2D eigenvalue weighted by molar-refractivity contribution is 5.35. The maximum absolute atomic E-state index is 2.46. The second kappa shape index (κ2) is 6.97. The molecule has 0 saturated heterocycles. The molecule has 0 amide bonds. The van der Waals surface area contributed by atoms with Gasteiger partial charge >= 0.3 is 0 Å². The van der Waals surface area contributed by atoms with Gasteiger partial charge in [0.05, 0.1) is 0 Å². The standard InChI is InChI=1S/C18H28/c1-3-4-5-6-7-10-15(2)17-14-13-16-11-8-9-12-18(16)17/h8-9,11-12,15,17H,3-7,10,13-14H2,1-2H3. The Hall–Kier alpha value is -0.780. The van der Waals surface area contributed by atoms with Gasteiger partial charge in [0, 0.05) is 0 Å². The Balaban J connectivity index is 1.78. The molecule has 0 aliphatic heterocycles. The summed E-state index contributed by atoms with van der Waals surface area (Å²) in [6.45, 7) is 4.75. The smallest absolute Gasteiger partial charge is 0.0130 e. The van der Waals surface area contributed by atoms with Gasteiger partial charge in [-0.1, -0.05) is 76.6 Å². The molecule has 100 valence electrons. The zero-order chi connectivity index (χ0) is 12.8. The van der Waals surface area contributed by atoms with Crippen LogP contribution < -0.4 is 0 Å². The van der Waals surface area contributed by atoms with Crippen molar-refractivity contribution in [1.29, 1.82) is 0 Å². The van der Waals surface area contributed by atoms with Gasteiger partial charge in [0.25, 0.3) is 0 Å². The first-order valence-electron chi connectivity index (χ1n) is 7.90. The van der Waals surface area contributed by atoms with Crippen LogP contribution in [0.4, 0.5) is 0 Å². The molecule has 0 aromatic heterocycles. The zero-order valence-electron chi connectivity index (χ0n) is 12.1. The Morgan fingerprint density at radius 2 is 1.89 bits per heavy atom. The van der Waals surface area contributed by atoms with E-state index in [1.165, 1.54) is 51.4 Å². The van der Waals surface area contributed by atoms with Crippen LogP contribution in [0.5, 0.6) is 0 Å². The molecule has 1 aliphatic rings. The molecule has 0 nitrogen and oxygen atoms in total. The minimum atomic E-state index is 0.840. The topological polar surface area (TPSA) is 0 Å². The minimum Gasteiger partial charge on any atom is -0.0654 e. The fraction of sp³-hybridized carbons (Fsp3) is 0.667. The monoisotopic (exact) mass is 244 g/mol. The first-order valence-corrected chi connectivity index (χ1v) is 7.90. The normalized spacial score (nSPS) is 19.8. The molecular weight excluding hydrogens is 216 g/mol. The van der Waals surface area contributed by atoms with Crippen molar-refractivity contribution in [3.8, 4) is 0 Å². The van der Waals surface area contributed by atoms with Crippen molar-refractivity contribution in [2.75, 3.05) is 0 Å². The number of benzene rings is 1. The molecule has 0 spiro atoms. The van der Waals surface area contributed by atoms with Gasteiger partial charge in [0.2, 0.25) is 0 Å². The Bertz CT molecular complexity index is 353. The van der Waals surface area contributed by atoms with E-state index in [9.17, 15) is 0 Å². The van der Waals surface area contributed by atoms with Crippen LogP contribution in [0.2, 0.25) is 0 Å². The van der Waals surface area contributed by atoms with Crippen molar-refractivity contribution in [1.82, 2.24) is 0 Å². The summed E-state index contributed by atoms with van der Waals surface area (Å²) < 4.78 is 0. The van der Waals surface area contributed by atoms with E-state index < -0.39 is 0 Å². The fourth-order valence-electron chi connectivity index (χ4n) is 3.45. The van der Waals surface area contributed by atoms with Crippen LogP contribution in [-0.2, 0) is 6.42 Å². The largest absolute Gasteiger partial charge is 0.0654 e. The molecular formula is C18H28. The molecule has 0 heterocycles. The summed E-state index contributed by atoms with van der Waals surface area (Å²) in [6, 6.07) is 9.09. The molecule has 0 bridgehead atoms. The predicted octanol–water partition coefficient (Wildman–Crippen LogP) is 5.71. The third-order valence-corrected chi connectivity index (χ3v) is 4.63. The molecule has 1 aromatic carbocycles. The lowest BCUT2D eigenvalue weighted by Gasteiger charge is -2.20. The molecule has 2 unspecified atom stereocenters. The van der Waals surface area contributed by atoms with Gasteiger partial charge in [-0.3, -0.25) is 0 Å². The average molecular weight is 244 g/mol. The van der Waals surface area contributed by atoms with E-state index in [1.54, 1.807) is 11.1 Å². The molecule has 2 atom stereocenters. The molecule has 2 rings (SSSR count). The van der Waals surface area contributed by atoms with Gasteiger partial charge in [0.1, 0.15) is 0 Å². The van der Waals surface area contributed by atoms with Gasteiger partial charge in [-0.2, -0.15) is 0 Å². The summed E-state index contributed by atoms with van der Waals surface area (Å²) in [4.78, 5) is 0. The summed E-state index contributed by atoms with van der Waals surface area (Å²) in [5.74, 6) is 1.71. The first kappa shape index (κ1) is 13.6. The lowest BCUT2D eigenvalue weighted by molar-refractivity contribution is 0.405. The van der Waals surface area contributed by atoms with Crippen LogP contribution in [0.25, 0.3) is 0 Å². The van der Waals surface area contributed by atoms with Crippen molar-refractivity contribution < 1.29 is 0 Å². The second-order valence-electron chi connectivity index (χ2n) is 6.02. The minimum absolute atomic E-state index is 0.840. The molecule has 0 radical (unpaired) electrons. The zero-order valence-corrected chi connectivity index (χ0v) is 12.1. The summed E-state index contributed by atoms with van der Waals surface area (Å²) in [7, 11) is 0. The van der Waals surface area contributed by atoms with Gasteiger partial charge in [-0.25, -0.2) is 0 Å². The third kappa shape index (κ3) is 3.37. The van der Waals surface area contributed by atoms with E-state index in [0.717, 1.165) is 11.8 Å².